The van der Waals surface area contributed by atoms with E-state index in [9.17, 15) is 0 Å². The summed E-state index contributed by atoms with van der Waals surface area (Å²) in [5, 5.41) is 4.83. The van der Waals surface area contributed by atoms with Gasteiger partial charge in [0.05, 0.1) is 12.1 Å². The van der Waals surface area contributed by atoms with Gasteiger partial charge in [-0.1, -0.05) is 18.2 Å². The number of rotatable bonds is 5. The fourth-order valence-electron chi connectivity index (χ4n) is 3.28. The van der Waals surface area contributed by atoms with Crippen LogP contribution in [0, 0.1) is 6.92 Å². The van der Waals surface area contributed by atoms with Crippen molar-refractivity contribution < 1.29 is 4.74 Å². The van der Waals surface area contributed by atoms with Crippen LogP contribution in [0.5, 0.6) is 0 Å². The Kier molecular flexibility index (Phi) is 4.51. The van der Waals surface area contributed by atoms with Crippen LogP contribution in [0.1, 0.15) is 35.2 Å². The minimum atomic E-state index is 0.754. The molecule has 0 bridgehead atoms. The topological polar surface area (TPSA) is 34.1 Å². The maximum Gasteiger partial charge on any atom is 0.0737 e. The van der Waals surface area contributed by atoms with Crippen molar-refractivity contribution in [2.24, 2.45) is 0 Å². The summed E-state index contributed by atoms with van der Waals surface area (Å²) in [5.41, 5.74) is 6.73. The molecule has 1 aromatic carbocycles. The number of aromatic nitrogens is 1. The summed E-state index contributed by atoms with van der Waals surface area (Å²) in [6, 6.07) is 6.53. The van der Waals surface area contributed by atoms with Crippen LogP contribution < -0.4 is 5.32 Å². The zero-order chi connectivity index (χ0) is 14.7. The molecule has 3 heteroatoms. The van der Waals surface area contributed by atoms with E-state index in [1.165, 1.54) is 52.5 Å². The molecule has 21 heavy (non-hydrogen) atoms. The Bertz CT molecular complexity index is 637. The lowest BCUT2D eigenvalue weighted by Crippen LogP contribution is -2.21. The van der Waals surface area contributed by atoms with Gasteiger partial charge in [0.1, 0.15) is 0 Å². The predicted molar refractivity (Wildman–Crippen MR) is 86.7 cm³/mol. The summed E-state index contributed by atoms with van der Waals surface area (Å²) >= 11 is 0. The molecule has 0 fully saturated rings. The molecule has 0 radical (unpaired) electrons. The Labute approximate surface area is 126 Å². The van der Waals surface area contributed by atoms with Crippen LogP contribution in [-0.2, 0) is 24.1 Å². The Hall–Kier alpha value is -1.45. The molecule has 1 aromatic heterocycles. The van der Waals surface area contributed by atoms with E-state index < -0.39 is 0 Å². The lowest BCUT2D eigenvalue weighted by Gasteiger charge is -2.21. The van der Waals surface area contributed by atoms with E-state index in [1.54, 1.807) is 7.11 Å². The molecule has 1 heterocycles. The normalized spacial score (nSPS) is 14.4. The zero-order valence-corrected chi connectivity index (χ0v) is 13.0. The summed E-state index contributed by atoms with van der Waals surface area (Å²) < 4.78 is 5.12. The number of para-hydroxylation sites is 1. The van der Waals surface area contributed by atoms with Crippen molar-refractivity contribution >= 4 is 10.9 Å². The van der Waals surface area contributed by atoms with Gasteiger partial charge in [-0.15, -0.1) is 0 Å². The molecular formula is C18H24N2O. The number of nitrogens with zero attached hydrogens (tertiary/aromatic N) is 1. The van der Waals surface area contributed by atoms with Gasteiger partial charge in [-0.05, 0) is 49.3 Å². The fourth-order valence-corrected chi connectivity index (χ4v) is 3.28. The zero-order valence-electron chi connectivity index (χ0n) is 13.0. The number of pyridine rings is 1. The van der Waals surface area contributed by atoms with E-state index in [0.717, 1.165) is 26.1 Å². The van der Waals surface area contributed by atoms with Crippen molar-refractivity contribution in [3.8, 4) is 0 Å². The molecule has 3 nitrogen and oxygen atoms in total. The van der Waals surface area contributed by atoms with Crippen LogP contribution >= 0.6 is 0 Å². The first-order valence-corrected chi connectivity index (χ1v) is 7.91. The summed E-state index contributed by atoms with van der Waals surface area (Å²) in [5.74, 6) is 0. The molecule has 0 saturated carbocycles. The summed E-state index contributed by atoms with van der Waals surface area (Å²) in [4.78, 5) is 4.97. The molecule has 2 aromatic rings. The summed E-state index contributed by atoms with van der Waals surface area (Å²) in [6.07, 6.45) is 4.86. The number of hydrogen-bond donors (Lipinski definition) is 1. The Morgan fingerprint density at radius 1 is 1.24 bits per heavy atom. The maximum atomic E-state index is 5.12. The molecule has 1 N–H and O–H groups in total. The Morgan fingerprint density at radius 2 is 2.10 bits per heavy atom. The van der Waals surface area contributed by atoms with Gasteiger partial charge < -0.3 is 10.1 Å². The predicted octanol–water partition coefficient (Wildman–Crippen LogP) is 3.16. The summed E-state index contributed by atoms with van der Waals surface area (Å²) in [7, 11) is 1.74. The van der Waals surface area contributed by atoms with Crippen LogP contribution in [-0.4, -0.2) is 25.2 Å². The van der Waals surface area contributed by atoms with Crippen molar-refractivity contribution in [3.63, 3.8) is 0 Å². The first kappa shape index (κ1) is 14.5. The lowest BCUT2D eigenvalue weighted by molar-refractivity contribution is 0.199. The molecule has 0 spiro atoms. The van der Waals surface area contributed by atoms with Gasteiger partial charge in [0, 0.05) is 31.3 Å². The van der Waals surface area contributed by atoms with E-state index in [-0.39, 0.29) is 0 Å². The molecular weight excluding hydrogens is 260 g/mol. The Balaban J connectivity index is 2.03. The smallest absolute Gasteiger partial charge is 0.0737 e. The van der Waals surface area contributed by atoms with E-state index in [0.29, 0.717) is 0 Å². The third-order valence-corrected chi connectivity index (χ3v) is 4.40. The third-order valence-electron chi connectivity index (χ3n) is 4.40. The highest BCUT2D eigenvalue weighted by atomic mass is 16.5. The molecule has 0 amide bonds. The largest absolute Gasteiger partial charge is 0.383 e. The average molecular weight is 284 g/mol. The number of nitrogens with one attached hydrogen (secondary N) is 1. The van der Waals surface area contributed by atoms with Crippen LogP contribution in [0.3, 0.4) is 0 Å². The van der Waals surface area contributed by atoms with Crippen molar-refractivity contribution in [1.29, 1.82) is 0 Å². The number of aryl methyl sites for hydroxylation is 2. The molecule has 3 rings (SSSR count). The SMILES string of the molecule is COCCNCc1c2c(nc3c(C)cccc13)CCCC2. The summed E-state index contributed by atoms with van der Waals surface area (Å²) in [6.45, 7) is 4.71. The second-order valence-electron chi connectivity index (χ2n) is 5.86. The highest BCUT2D eigenvalue weighted by Gasteiger charge is 2.18. The second-order valence-corrected chi connectivity index (χ2v) is 5.86. The number of hydrogen-bond acceptors (Lipinski definition) is 3. The van der Waals surface area contributed by atoms with Gasteiger partial charge in [0.25, 0.3) is 0 Å². The molecule has 0 saturated heterocycles. The number of methoxy groups -OCH3 is 1. The van der Waals surface area contributed by atoms with E-state index in [2.05, 4.69) is 30.4 Å². The highest BCUT2D eigenvalue weighted by molar-refractivity contribution is 5.86. The lowest BCUT2D eigenvalue weighted by atomic mass is 9.89. The van der Waals surface area contributed by atoms with Gasteiger partial charge in [0.15, 0.2) is 0 Å². The van der Waals surface area contributed by atoms with Crippen LogP contribution in [0.25, 0.3) is 10.9 Å². The number of benzene rings is 1. The molecule has 112 valence electrons. The fraction of sp³-hybridized carbons (Fsp3) is 0.500. The number of ether oxygens (including phenoxy) is 1. The Morgan fingerprint density at radius 3 is 2.95 bits per heavy atom. The van der Waals surface area contributed by atoms with Gasteiger partial charge in [-0.25, -0.2) is 0 Å². The second kappa shape index (κ2) is 6.54. The van der Waals surface area contributed by atoms with Crippen LogP contribution in [0.15, 0.2) is 18.2 Å². The monoisotopic (exact) mass is 284 g/mol. The number of fused-ring (bicyclic) bond motifs is 2. The molecule has 1 aliphatic carbocycles. The van der Waals surface area contributed by atoms with E-state index in [1.807, 2.05) is 0 Å². The van der Waals surface area contributed by atoms with Crippen LogP contribution in [0.4, 0.5) is 0 Å². The third kappa shape index (κ3) is 2.94. The van der Waals surface area contributed by atoms with Gasteiger partial charge in [-0.2, -0.15) is 0 Å². The minimum absolute atomic E-state index is 0.754. The molecule has 0 atom stereocenters. The molecule has 0 aliphatic heterocycles. The van der Waals surface area contributed by atoms with Crippen molar-refractivity contribution in [2.75, 3.05) is 20.3 Å². The first-order valence-electron chi connectivity index (χ1n) is 7.91. The van der Waals surface area contributed by atoms with E-state index in [4.69, 9.17) is 9.72 Å². The van der Waals surface area contributed by atoms with Crippen LogP contribution in [0.2, 0.25) is 0 Å². The van der Waals surface area contributed by atoms with Crippen molar-refractivity contribution in [3.05, 3.63) is 40.6 Å². The van der Waals surface area contributed by atoms with E-state index >= 15 is 0 Å². The standard InChI is InChI=1S/C18H24N2O/c1-13-6-5-8-15-16(12-19-10-11-21-2)14-7-3-4-9-17(14)20-18(13)15/h5-6,8,19H,3-4,7,9-12H2,1-2H3. The van der Waals surface area contributed by atoms with Gasteiger partial charge in [-0.3, -0.25) is 4.98 Å². The van der Waals surface area contributed by atoms with Crippen molar-refractivity contribution in [1.82, 2.24) is 10.3 Å². The van der Waals surface area contributed by atoms with Gasteiger partial charge in [0.2, 0.25) is 0 Å². The van der Waals surface area contributed by atoms with Crippen molar-refractivity contribution in [2.45, 2.75) is 39.2 Å². The highest BCUT2D eigenvalue weighted by Crippen LogP contribution is 2.30. The van der Waals surface area contributed by atoms with Gasteiger partial charge >= 0.3 is 0 Å². The quantitative estimate of drug-likeness (QED) is 0.856. The molecule has 1 aliphatic rings. The molecule has 0 unspecified atom stereocenters. The minimum Gasteiger partial charge on any atom is -0.383 e. The first-order chi connectivity index (χ1) is 10.3. The average Bonchev–Trinajstić information content (AvgIpc) is 2.51. The maximum absolute atomic E-state index is 5.12.